The Hall–Kier alpha value is -3.69. The van der Waals surface area contributed by atoms with Gasteiger partial charge in [0.05, 0.1) is 36.0 Å². The third-order valence-electron chi connectivity index (χ3n) is 10.2. The van der Waals surface area contributed by atoms with Crippen LogP contribution in [0.15, 0.2) is 79.0 Å². The Balaban J connectivity index is 1.14. The zero-order valence-electron chi connectivity index (χ0n) is 27.1. The normalized spacial score (nSPS) is 29.1. The Bertz CT molecular complexity index is 1730. The minimum absolute atomic E-state index is 0.00445. The average molecular weight is 621 g/mol. The van der Waals surface area contributed by atoms with Gasteiger partial charge in [0.25, 0.3) is 5.91 Å². The smallest absolute Gasteiger partial charge is 0.275 e. The van der Waals surface area contributed by atoms with Crippen LogP contribution in [0.5, 0.6) is 0 Å². The van der Waals surface area contributed by atoms with E-state index in [0.29, 0.717) is 28.1 Å². The first kappa shape index (κ1) is 30.9. The highest BCUT2D eigenvalue weighted by Crippen LogP contribution is 2.53. The van der Waals surface area contributed by atoms with Crippen LogP contribution >= 0.6 is 0 Å². The summed E-state index contributed by atoms with van der Waals surface area (Å²) in [5.74, 6) is -0.224. The number of aliphatic hydroxyl groups excluding tert-OH is 1. The fourth-order valence-electron chi connectivity index (χ4n) is 8.37. The molecule has 3 aromatic carbocycles. The van der Waals surface area contributed by atoms with Crippen molar-refractivity contribution < 1.29 is 19.4 Å². The van der Waals surface area contributed by atoms with Crippen LogP contribution in [0.1, 0.15) is 86.5 Å². The van der Waals surface area contributed by atoms with Gasteiger partial charge in [0.2, 0.25) is 0 Å². The van der Waals surface area contributed by atoms with Crippen molar-refractivity contribution in [3.8, 4) is 0 Å². The molecule has 1 aliphatic carbocycles. The third-order valence-corrected chi connectivity index (χ3v) is 10.2. The summed E-state index contributed by atoms with van der Waals surface area (Å²) in [4.78, 5) is 24.7. The first-order valence-corrected chi connectivity index (χ1v) is 16.5. The average Bonchev–Trinajstić information content (AvgIpc) is 3.28. The van der Waals surface area contributed by atoms with Gasteiger partial charge in [-0.15, -0.1) is 0 Å². The number of nitrogens with one attached hydrogen (secondary N) is 1. The van der Waals surface area contributed by atoms with Crippen LogP contribution in [0.4, 0.5) is 5.69 Å². The second-order valence-electron chi connectivity index (χ2n) is 14.8. The van der Waals surface area contributed by atoms with Gasteiger partial charge in [-0.1, -0.05) is 76.2 Å². The summed E-state index contributed by atoms with van der Waals surface area (Å²) in [7, 11) is 0. The van der Waals surface area contributed by atoms with E-state index >= 15 is 0 Å². The molecule has 8 nitrogen and oxygen atoms in total. The Morgan fingerprint density at radius 3 is 2.54 bits per heavy atom. The number of carbonyl (C=O) groups is 1. The number of carbonyl (C=O) groups excluding carboxylic acids is 1. The molecule has 7 rings (SSSR count). The Morgan fingerprint density at radius 2 is 1.76 bits per heavy atom. The molecule has 2 bridgehead atoms. The van der Waals surface area contributed by atoms with Gasteiger partial charge >= 0.3 is 0 Å². The van der Waals surface area contributed by atoms with Crippen LogP contribution in [-0.4, -0.2) is 51.1 Å². The minimum atomic E-state index is -0.616. The number of rotatable bonds is 7. The molecule has 2 aliphatic heterocycles. The van der Waals surface area contributed by atoms with Gasteiger partial charge in [-0.3, -0.25) is 14.7 Å². The lowest BCUT2D eigenvalue weighted by Gasteiger charge is -2.43. The molecule has 6 atom stereocenters. The van der Waals surface area contributed by atoms with Crippen molar-refractivity contribution >= 4 is 22.6 Å². The van der Waals surface area contributed by atoms with Crippen LogP contribution in [0.25, 0.3) is 11.0 Å². The molecule has 240 valence electrons. The van der Waals surface area contributed by atoms with Gasteiger partial charge in [0, 0.05) is 36.3 Å². The maximum Gasteiger partial charge on any atom is 0.275 e. The van der Waals surface area contributed by atoms with Crippen molar-refractivity contribution in [1.29, 1.82) is 0 Å². The molecule has 46 heavy (non-hydrogen) atoms. The van der Waals surface area contributed by atoms with Crippen molar-refractivity contribution in [2.24, 2.45) is 16.7 Å². The highest BCUT2D eigenvalue weighted by atomic mass is 16.7. The van der Waals surface area contributed by atoms with Gasteiger partial charge in [0.1, 0.15) is 5.69 Å². The van der Waals surface area contributed by atoms with E-state index in [0.717, 1.165) is 35.3 Å². The van der Waals surface area contributed by atoms with E-state index in [2.05, 4.69) is 60.0 Å². The topological polar surface area (TPSA) is 96.8 Å². The van der Waals surface area contributed by atoms with E-state index < -0.39 is 6.29 Å². The second kappa shape index (κ2) is 12.2. The van der Waals surface area contributed by atoms with Crippen LogP contribution < -0.4 is 5.32 Å². The summed E-state index contributed by atoms with van der Waals surface area (Å²) < 4.78 is 13.6. The number of hydrogen-bond acceptors (Lipinski definition) is 7. The molecule has 8 heteroatoms. The monoisotopic (exact) mass is 620 g/mol. The zero-order valence-corrected chi connectivity index (χ0v) is 27.1. The summed E-state index contributed by atoms with van der Waals surface area (Å²) >= 11 is 0. The van der Waals surface area contributed by atoms with Gasteiger partial charge in [-0.05, 0) is 65.5 Å². The molecule has 4 aromatic rings. The summed E-state index contributed by atoms with van der Waals surface area (Å²) in [6, 6.07) is 23.8. The largest absolute Gasteiger partial charge is 0.392 e. The van der Waals surface area contributed by atoms with E-state index in [1.807, 2.05) is 60.7 Å². The van der Waals surface area contributed by atoms with Crippen molar-refractivity contribution in [1.82, 2.24) is 14.9 Å². The second-order valence-corrected chi connectivity index (χ2v) is 14.8. The molecule has 2 saturated heterocycles. The fraction of sp³-hybridized carbons (Fsp3) is 0.447. The van der Waals surface area contributed by atoms with Crippen molar-refractivity contribution in [3.63, 3.8) is 0 Å². The predicted molar refractivity (Wildman–Crippen MR) is 178 cm³/mol. The van der Waals surface area contributed by atoms with Gasteiger partial charge < -0.3 is 19.9 Å². The Labute approximate surface area is 271 Å². The fourth-order valence-corrected chi connectivity index (χ4v) is 8.37. The van der Waals surface area contributed by atoms with E-state index in [-0.39, 0.29) is 36.3 Å². The van der Waals surface area contributed by atoms with Gasteiger partial charge in [0.15, 0.2) is 6.29 Å². The lowest BCUT2D eigenvalue weighted by molar-refractivity contribution is -0.276. The standard InChI is InChI=1S/C38H44N4O4/c1-24-33(20-42-23-38(4)18-29(42)17-37(2,3)22-38)45-36(46-34(24)26-14-12-25(21-43)13-15-26)27-8-7-9-28(16-27)40-35(44)32-19-39-30-10-5-6-11-31(30)41-32/h5-16,19,24,29,33-34,36,43H,17-18,20-23H2,1-4H3,(H,40,44)/t24-,29?,33+,34+,36+,38?/m0/s1. The summed E-state index contributed by atoms with van der Waals surface area (Å²) in [5, 5.41) is 12.6. The zero-order chi connectivity index (χ0) is 32.1. The Morgan fingerprint density at radius 1 is 0.978 bits per heavy atom. The number of aliphatic hydroxyl groups is 1. The number of anilines is 1. The molecular weight excluding hydrogens is 576 g/mol. The number of benzene rings is 3. The van der Waals surface area contributed by atoms with Crippen LogP contribution in [0.3, 0.4) is 0 Å². The first-order valence-electron chi connectivity index (χ1n) is 16.5. The van der Waals surface area contributed by atoms with Crippen LogP contribution in [0.2, 0.25) is 0 Å². The first-order chi connectivity index (χ1) is 22.1. The molecule has 3 fully saturated rings. The number of nitrogens with zero attached hydrogens (tertiary/aromatic N) is 3. The quantitative estimate of drug-likeness (QED) is 0.228. The minimum Gasteiger partial charge on any atom is -0.392 e. The number of para-hydroxylation sites is 2. The third kappa shape index (κ3) is 6.32. The molecule has 3 aliphatic rings. The van der Waals surface area contributed by atoms with Crippen LogP contribution in [0, 0.1) is 16.7 Å². The number of aromatic nitrogens is 2. The highest BCUT2D eigenvalue weighted by molar-refractivity contribution is 6.03. The highest BCUT2D eigenvalue weighted by Gasteiger charge is 2.51. The number of hydrogen-bond donors (Lipinski definition) is 2. The van der Waals surface area contributed by atoms with E-state index in [9.17, 15) is 9.90 Å². The molecule has 0 spiro atoms. The van der Waals surface area contributed by atoms with E-state index in [4.69, 9.17) is 9.47 Å². The Kier molecular flexibility index (Phi) is 8.18. The number of likely N-dealkylation sites (tertiary alicyclic amines) is 1. The van der Waals surface area contributed by atoms with Crippen molar-refractivity contribution in [2.45, 2.75) is 78.1 Å². The molecule has 0 radical (unpaired) electrons. The molecular formula is C38H44N4O4. The molecule has 3 heterocycles. The van der Waals surface area contributed by atoms with Gasteiger partial charge in [-0.25, -0.2) is 4.98 Å². The van der Waals surface area contributed by atoms with E-state index in [1.54, 1.807) is 0 Å². The SMILES string of the molecule is C[C@H]1[C@@H](CN2CC3(C)CC2CC(C)(C)C3)O[C@@H](c2cccc(NC(=O)c3cnc4ccccc4n3)c2)O[C@H]1c1ccc(CO)cc1. The molecule has 1 aromatic heterocycles. The molecule has 1 saturated carbocycles. The summed E-state index contributed by atoms with van der Waals surface area (Å²) in [6.07, 6.45) is 4.34. The lowest BCUT2D eigenvalue weighted by Crippen LogP contribution is -2.46. The molecule has 2 N–H and O–H groups in total. The number of amides is 1. The summed E-state index contributed by atoms with van der Waals surface area (Å²) in [5.41, 5.74) is 5.75. The van der Waals surface area contributed by atoms with Gasteiger partial charge in [-0.2, -0.15) is 0 Å². The molecule has 1 amide bonds. The van der Waals surface area contributed by atoms with E-state index in [1.165, 1.54) is 25.5 Å². The number of ether oxygens (including phenoxy) is 2. The lowest BCUT2D eigenvalue weighted by atomic mass is 9.65. The predicted octanol–water partition coefficient (Wildman–Crippen LogP) is 7.07. The van der Waals surface area contributed by atoms with Crippen molar-refractivity contribution in [3.05, 3.63) is 101 Å². The van der Waals surface area contributed by atoms with Crippen molar-refractivity contribution in [2.75, 3.05) is 18.4 Å². The van der Waals surface area contributed by atoms with Crippen LogP contribution in [-0.2, 0) is 16.1 Å². The summed E-state index contributed by atoms with van der Waals surface area (Å²) in [6.45, 7) is 11.4. The maximum absolute atomic E-state index is 13.2. The number of fused-ring (bicyclic) bond motifs is 3. The maximum atomic E-state index is 13.2. The molecule has 2 unspecified atom stereocenters.